The number of nitrogens with zero attached hydrogens (tertiary/aromatic N) is 2. The van der Waals surface area contributed by atoms with Crippen molar-refractivity contribution in [3.63, 3.8) is 0 Å². The summed E-state index contributed by atoms with van der Waals surface area (Å²) < 4.78 is 2.01. The minimum absolute atomic E-state index is 0.00723. The van der Waals surface area contributed by atoms with Gasteiger partial charge in [0.05, 0.1) is 18.9 Å². The van der Waals surface area contributed by atoms with Gasteiger partial charge < -0.3 is 15.2 Å². The van der Waals surface area contributed by atoms with Gasteiger partial charge >= 0.3 is 0 Å². The molecule has 5 heteroatoms. The van der Waals surface area contributed by atoms with Crippen molar-refractivity contribution < 1.29 is 4.79 Å². The Balaban J connectivity index is 1.84. The fourth-order valence-electron chi connectivity index (χ4n) is 2.75. The Morgan fingerprint density at radius 1 is 1.38 bits per heavy atom. The van der Waals surface area contributed by atoms with E-state index in [0.29, 0.717) is 12.6 Å². The molecule has 1 atom stereocenters. The van der Waals surface area contributed by atoms with Crippen molar-refractivity contribution in [2.24, 2.45) is 5.41 Å². The molecule has 1 amide bonds. The van der Waals surface area contributed by atoms with E-state index in [1.165, 1.54) is 25.7 Å². The van der Waals surface area contributed by atoms with Crippen molar-refractivity contribution in [2.75, 3.05) is 6.54 Å². The van der Waals surface area contributed by atoms with E-state index in [-0.39, 0.29) is 17.4 Å². The Morgan fingerprint density at radius 2 is 2.10 bits per heavy atom. The molecule has 0 spiro atoms. The van der Waals surface area contributed by atoms with Crippen molar-refractivity contribution in [1.82, 2.24) is 20.2 Å². The zero-order chi connectivity index (χ0) is 15.3. The van der Waals surface area contributed by atoms with E-state index in [4.69, 9.17) is 0 Å². The number of imidazole rings is 1. The van der Waals surface area contributed by atoms with Gasteiger partial charge in [0.25, 0.3) is 0 Å². The molecule has 1 aromatic rings. The van der Waals surface area contributed by atoms with Crippen LogP contribution >= 0.6 is 0 Å². The highest BCUT2D eigenvalue weighted by Gasteiger charge is 2.26. The molecule has 0 saturated heterocycles. The van der Waals surface area contributed by atoms with Gasteiger partial charge in [0.1, 0.15) is 0 Å². The molecule has 1 aliphatic carbocycles. The second-order valence-electron chi connectivity index (χ2n) is 7.11. The Hall–Kier alpha value is -1.36. The molecular weight excluding hydrogens is 264 g/mol. The SMILES string of the molecule is CC(C)(C)C(Cn1ccnc1)NC(=O)CNC1CCCC1. The molecule has 2 rings (SSSR count). The monoisotopic (exact) mass is 292 g/mol. The van der Waals surface area contributed by atoms with Crippen LogP contribution in [0.4, 0.5) is 0 Å². The van der Waals surface area contributed by atoms with Crippen LogP contribution in [0.1, 0.15) is 46.5 Å². The molecule has 2 N–H and O–H groups in total. The van der Waals surface area contributed by atoms with E-state index in [2.05, 4.69) is 36.4 Å². The second-order valence-corrected chi connectivity index (χ2v) is 7.11. The first-order valence-electron chi connectivity index (χ1n) is 7.93. The topological polar surface area (TPSA) is 59.0 Å². The molecule has 1 heterocycles. The zero-order valence-corrected chi connectivity index (χ0v) is 13.4. The molecule has 1 fully saturated rings. The summed E-state index contributed by atoms with van der Waals surface area (Å²) in [6.07, 6.45) is 10.5. The van der Waals surface area contributed by atoms with Gasteiger partial charge in [0, 0.05) is 25.0 Å². The van der Waals surface area contributed by atoms with Gasteiger partial charge in [0.2, 0.25) is 5.91 Å². The maximum Gasteiger partial charge on any atom is 0.234 e. The Morgan fingerprint density at radius 3 is 2.67 bits per heavy atom. The zero-order valence-electron chi connectivity index (χ0n) is 13.4. The first-order chi connectivity index (χ1) is 9.95. The third-order valence-electron chi connectivity index (χ3n) is 4.24. The van der Waals surface area contributed by atoms with Gasteiger partial charge in [-0.1, -0.05) is 33.6 Å². The summed E-state index contributed by atoms with van der Waals surface area (Å²) in [4.78, 5) is 16.2. The van der Waals surface area contributed by atoms with Crippen LogP contribution in [0.25, 0.3) is 0 Å². The normalized spacial score (nSPS) is 17.9. The lowest BCUT2D eigenvalue weighted by atomic mass is 9.86. The van der Waals surface area contributed by atoms with Crippen LogP contribution in [-0.2, 0) is 11.3 Å². The van der Waals surface area contributed by atoms with E-state index in [1.807, 2.05) is 10.8 Å². The lowest BCUT2D eigenvalue weighted by Gasteiger charge is -2.32. The predicted octanol–water partition coefficient (Wildman–Crippen LogP) is 1.95. The van der Waals surface area contributed by atoms with Gasteiger partial charge in [-0.3, -0.25) is 4.79 Å². The highest BCUT2D eigenvalue weighted by molar-refractivity contribution is 5.78. The summed E-state index contributed by atoms with van der Waals surface area (Å²) >= 11 is 0. The summed E-state index contributed by atoms with van der Waals surface area (Å²) in [7, 11) is 0. The molecule has 118 valence electrons. The van der Waals surface area contributed by atoms with Crippen molar-refractivity contribution in [3.05, 3.63) is 18.7 Å². The summed E-state index contributed by atoms with van der Waals surface area (Å²) in [5, 5.41) is 6.53. The summed E-state index contributed by atoms with van der Waals surface area (Å²) in [5.74, 6) is 0.0851. The largest absolute Gasteiger partial charge is 0.350 e. The third-order valence-corrected chi connectivity index (χ3v) is 4.24. The summed E-state index contributed by atoms with van der Waals surface area (Å²) in [5.41, 5.74) is 0.00723. The van der Waals surface area contributed by atoms with Crippen LogP contribution < -0.4 is 10.6 Å². The van der Waals surface area contributed by atoms with Gasteiger partial charge in [-0.2, -0.15) is 0 Å². The lowest BCUT2D eigenvalue weighted by Crippen LogP contribution is -2.49. The van der Waals surface area contributed by atoms with Crippen LogP contribution in [0.2, 0.25) is 0 Å². The van der Waals surface area contributed by atoms with Crippen LogP contribution in [0, 0.1) is 5.41 Å². The van der Waals surface area contributed by atoms with Crippen molar-refractivity contribution in [1.29, 1.82) is 0 Å². The standard InChI is InChI=1S/C16H28N4O/c1-16(2,3)14(11-20-9-8-17-12-20)19-15(21)10-18-13-6-4-5-7-13/h8-9,12-14,18H,4-7,10-11H2,1-3H3,(H,19,21). The molecule has 1 saturated carbocycles. The minimum atomic E-state index is 0.00723. The number of nitrogens with one attached hydrogen (secondary N) is 2. The number of hydrogen-bond acceptors (Lipinski definition) is 3. The smallest absolute Gasteiger partial charge is 0.234 e. The lowest BCUT2D eigenvalue weighted by molar-refractivity contribution is -0.122. The Bertz CT molecular complexity index is 430. The first-order valence-corrected chi connectivity index (χ1v) is 7.93. The minimum Gasteiger partial charge on any atom is -0.350 e. The fraction of sp³-hybridized carbons (Fsp3) is 0.750. The van der Waals surface area contributed by atoms with Crippen LogP contribution in [-0.4, -0.2) is 34.1 Å². The van der Waals surface area contributed by atoms with E-state index in [9.17, 15) is 4.79 Å². The molecule has 5 nitrogen and oxygen atoms in total. The van der Waals surface area contributed by atoms with E-state index in [1.54, 1.807) is 12.5 Å². The molecule has 0 aromatic carbocycles. The van der Waals surface area contributed by atoms with E-state index >= 15 is 0 Å². The van der Waals surface area contributed by atoms with E-state index < -0.39 is 0 Å². The second kappa shape index (κ2) is 7.07. The third kappa shape index (κ3) is 5.16. The number of amides is 1. The molecule has 0 aliphatic heterocycles. The number of aromatic nitrogens is 2. The van der Waals surface area contributed by atoms with Crippen LogP contribution in [0.15, 0.2) is 18.7 Å². The number of hydrogen-bond donors (Lipinski definition) is 2. The van der Waals surface area contributed by atoms with E-state index in [0.717, 1.165) is 6.54 Å². The predicted molar refractivity (Wildman–Crippen MR) is 83.9 cm³/mol. The van der Waals surface area contributed by atoms with Gasteiger partial charge in [0.15, 0.2) is 0 Å². The molecule has 1 unspecified atom stereocenters. The number of carbonyl (C=O) groups is 1. The van der Waals surface area contributed by atoms with Gasteiger partial charge in [-0.25, -0.2) is 4.98 Å². The van der Waals surface area contributed by atoms with Crippen LogP contribution in [0.5, 0.6) is 0 Å². The van der Waals surface area contributed by atoms with Gasteiger partial charge in [-0.15, -0.1) is 0 Å². The quantitative estimate of drug-likeness (QED) is 0.842. The van der Waals surface area contributed by atoms with Gasteiger partial charge in [-0.05, 0) is 18.3 Å². The highest BCUT2D eigenvalue weighted by atomic mass is 16.2. The molecule has 0 radical (unpaired) electrons. The maximum absolute atomic E-state index is 12.2. The molecular formula is C16H28N4O. The fourth-order valence-corrected chi connectivity index (χ4v) is 2.75. The molecule has 1 aromatic heterocycles. The van der Waals surface area contributed by atoms with Crippen molar-refractivity contribution >= 4 is 5.91 Å². The number of rotatable bonds is 6. The summed E-state index contributed by atoms with van der Waals surface area (Å²) in [6, 6.07) is 0.613. The van der Waals surface area contributed by atoms with Crippen molar-refractivity contribution in [3.8, 4) is 0 Å². The number of carbonyl (C=O) groups excluding carboxylic acids is 1. The molecule has 1 aliphatic rings. The Labute approximate surface area is 127 Å². The Kier molecular flexibility index (Phi) is 5.39. The molecule has 0 bridgehead atoms. The molecule has 21 heavy (non-hydrogen) atoms. The van der Waals surface area contributed by atoms with Crippen LogP contribution in [0.3, 0.4) is 0 Å². The van der Waals surface area contributed by atoms with Crippen molar-refractivity contribution in [2.45, 2.75) is 65.1 Å². The highest BCUT2D eigenvalue weighted by Crippen LogP contribution is 2.21. The summed E-state index contributed by atoms with van der Waals surface area (Å²) in [6.45, 7) is 7.62. The first kappa shape index (κ1) is 16.0. The average Bonchev–Trinajstić information content (AvgIpc) is 3.07. The maximum atomic E-state index is 12.2. The average molecular weight is 292 g/mol.